The minimum atomic E-state index is -0.926. The number of aromatic amines is 1. The predicted octanol–water partition coefficient (Wildman–Crippen LogP) is 0.897. The van der Waals surface area contributed by atoms with Crippen LogP contribution in [0.4, 0.5) is 0 Å². The van der Waals surface area contributed by atoms with Crippen molar-refractivity contribution in [2.75, 3.05) is 0 Å². The van der Waals surface area contributed by atoms with Crippen LogP contribution in [0.25, 0.3) is 0 Å². The van der Waals surface area contributed by atoms with Crippen molar-refractivity contribution in [1.82, 2.24) is 9.97 Å². The average Bonchev–Trinajstić information content (AvgIpc) is 2.16. The van der Waals surface area contributed by atoms with E-state index < -0.39 is 11.2 Å². The monoisotopic (exact) mass is 228 g/mol. The molecule has 0 amide bonds. The molecule has 1 aromatic heterocycles. The molecule has 82 valence electrons. The van der Waals surface area contributed by atoms with Crippen molar-refractivity contribution in [1.29, 1.82) is 0 Å². The fraction of sp³-hybridized carbons (Fsp3) is 0.444. The number of aromatic nitrogens is 2. The molecule has 5 nitrogen and oxygen atoms in total. The van der Waals surface area contributed by atoms with Crippen molar-refractivity contribution < 1.29 is 9.90 Å². The van der Waals surface area contributed by atoms with E-state index in [1.165, 1.54) is 6.07 Å². The first-order chi connectivity index (χ1) is 7.02. The number of aryl methyl sites for hydroxylation is 1. The van der Waals surface area contributed by atoms with Gasteiger partial charge in [0.1, 0.15) is 5.25 Å². The summed E-state index contributed by atoms with van der Waals surface area (Å²) in [4.78, 5) is 28.4. The van der Waals surface area contributed by atoms with E-state index in [-0.39, 0.29) is 5.56 Å². The molecule has 0 unspecified atom stereocenters. The molecular weight excluding hydrogens is 216 g/mol. The molecule has 0 radical (unpaired) electrons. The van der Waals surface area contributed by atoms with Gasteiger partial charge in [-0.3, -0.25) is 9.59 Å². The smallest absolute Gasteiger partial charge is 0.316 e. The minimum absolute atomic E-state index is 0.248. The van der Waals surface area contributed by atoms with Crippen molar-refractivity contribution in [3.05, 3.63) is 22.1 Å². The van der Waals surface area contributed by atoms with Gasteiger partial charge >= 0.3 is 5.97 Å². The molecule has 0 aliphatic carbocycles. The Morgan fingerprint density at radius 3 is 2.93 bits per heavy atom. The first-order valence-electron chi connectivity index (χ1n) is 4.52. The van der Waals surface area contributed by atoms with E-state index in [9.17, 15) is 9.59 Å². The Balaban J connectivity index is 2.90. The van der Waals surface area contributed by atoms with E-state index >= 15 is 0 Å². The largest absolute Gasteiger partial charge is 0.480 e. The highest BCUT2D eigenvalue weighted by Crippen LogP contribution is 2.18. The molecule has 1 rings (SSSR count). The van der Waals surface area contributed by atoms with Crippen LogP contribution in [0.3, 0.4) is 0 Å². The zero-order valence-corrected chi connectivity index (χ0v) is 9.30. The van der Waals surface area contributed by atoms with E-state index in [0.29, 0.717) is 17.3 Å². The Hall–Kier alpha value is -1.30. The van der Waals surface area contributed by atoms with Crippen LogP contribution < -0.4 is 5.56 Å². The summed E-state index contributed by atoms with van der Waals surface area (Å²) in [6, 6.07) is 1.41. The number of carbonyl (C=O) groups is 1. The van der Waals surface area contributed by atoms with Gasteiger partial charge < -0.3 is 10.1 Å². The Morgan fingerprint density at radius 1 is 1.73 bits per heavy atom. The first-order valence-corrected chi connectivity index (χ1v) is 5.40. The Labute approximate surface area is 90.9 Å². The molecule has 1 heterocycles. The topological polar surface area (TPSA) is 83.0 Å². The Morgan fingerprint density at radius 2 is 2.40 bits per heavy atom. The lowest BCUT2D eigenvalue weighted by Gasteiger charge is -2.05. The summed E-state index contributed by atoms with van der Waals surface area (Å²) >= 11 is 1.03. The maximum absolute atomic E-state index is 11.2. The summed E-state index contributed by atoms with van der Waals surface area (Å²) in [5, 5.41) is 8.43. The maximum Gasteiger partial charge on any atom is 0.316 e. The number of hydrogen-bond donors (Lipinski definition) is 2. The molecule has 0 saturated carbocycles. The van der Waals surface area contributed by atoms with Crippen LogP contribution in [0.2, 0.25) is 0 Å². The van der Waals surface area contributed by atoms with Crippen LogP contribution in [0.1, 0.15) is 19.5 Å². The van der Waals surface area contributed by atoms with Crippen LogP contribution >= 0.6 is 11.8 Å². The minimum Gasteiger partial charge on any atom is -0.480 e. The molecule has 2 N–H and O–H groups in total. The number of rotatable bonds is 4. The van der Waals surface area contributed by atoms with Gasteiger partial charge in [-0.2, -0.15) is 0 Å². The molecule has 6 heteroatoms. The van der Waals surface area contributed by atoms with E-state index in [2.05, 4.69) is 9.97 Å². The summed E-state index contributed by atoms with van der Waals surface area (Å²) in [6.07, 6.45) is 0.652. The van der Waals surface area contributed by atoms with Crippen LogP contribution in [-0.4, -0.2) is 26.3 Å². The van der Waals surface area contributed by atoms with Gasteiger partial charge in [0.15, 0.2) is 5.16 Å². The average molecular weight is 228 g/mol. The van der Waals surface area contributed by atoms with E-state index in [1.807, 2.05) is 6.92 Å². The summed E-state index contributed by atoms with van der Waals surface area (Å²) in [6.45, 7) is 3.43. The maximum atomic E-state index is 11.2. The lowest BCUT2D eigenvalue weighted by Crippen LogP contribution is -2.15. The third-order valence-corrected chi connectivity index (χ3v) is 2.74. The fourth-order valence-corrected chi connectivity index (χ4v) is 1.70. The molecule has 1 atom stereocenters. The highest BCUT2D eigenvalue weighted by molar-refractivity contribution is 8.00. The number of nitrogens with zero attached hydrogens (tertiary/aromatic N) is 1. The standard InChI is InChI=1S/C9H12N2O3S/c1-3-6-4-7(12)11-9(10-6)15-5(2)8(13)14/h4-5H,3H2,1-2H3,(H,13,14)(H,10,11,12)/t5-/m1/s1. The lowest BCUT2D eigenvalue weighted by atomic mass is 10.3. The number of nitrogens with one attached hydrogen (secondary N) is 1. The SMILES string of the molecule is CCc1cc(=O)[nH]c(S[C@H](C)C(=O)O)n1. The third-order valence-electron chi connectivity index (χ3n) is 1.77. The second-order valence-electron chi connectivity index (χ2n) is 2.99. The third kappa shape index (κ3) is 3.39. The highest BCUT2D eigenvalue weighted by Gasteiger charge is 2.14. The molecule has 0 aliphatic heterocycles. The summed E-state index contributed by atoms with van der Waals surface area (Å²) in [7, 11) is 0. The molecular formula is C9H12N2O3S. The van der Waals surface area contributed by atoms with Crippen LogP contribution in [0.15, 0.2) is 16.0 Å². The first kappa shape index (κ1) is 11.8. The van der Waals surface area contributed by atoms with Crippen LogP contribution in [-0.2, 0) is 11.2 Å². The quantitative estimate of drug-likeness (QED) is 0.591. The summed E-state index contributed by atoms with van der Waals surface area (Å²) in [5.74, 6) is -0.926. The van der Waals surface area contributed by atoms with Crippen molar-refractivity contribution in [3.63, 3.8) is 0 Å². The zero-order valence-electron chi connectivity index (χ0n) is 8.48. The Bertz CT molecular complexity index is 416. The van der Waals surface area contributed by atoms with Gasteiger partial charge in [-0.25, -0.2) is 4.98 Å². The van der Waals surface area contributed by atoms with Crippen LogP contribution in [0.5, 0.6) is 0 Å². The molecule has 1 aromatic rings. The predicted molar refractivity (Wildman–Crippen MR) is 57.2 cm³/mol. The fourth-order valence-electron chi connectivity index (χ4n) is 0.938. The lowest BCUT2D eigenvalue weighted by molar-refractivity contribution is -0.136. The van der Waals surface area contributed by atoms with Crippen molar-refractivity contribution in [2.24, 2.45) is 0 Å². The number of carboxylic acid groups (broad SMARTS) is 1. The van der Waals surface area contributed by atoms with Crippen molar-refractivity contribution in [3.8, 4) is 0 Å². The molecule has 0 spiro atoms. The van der Waals surface area contributed by atoms with Gasteiger partial charge in [-0.15, -0.1) is 0 Å². The van der Waals surface area contributed by atoms with Gasteiger partial charge in [0.25, 0.3) is 5.56 Å². The van der Waals surface area contributed by atoms with Crippen molar-refractivity contribution >= 4 is 17.7 Å². The van der Waals surface area contributed by atoms with Gasteiger partial charge in [-0.05, 0) is 13.3 Å². The molecule has 0 saturated heterocycles. The van der Waals surface area contributed by atoms with E-state index in [1.54, 1.807) is 6.92 Å². The molecule has 0 aromatic carbocycles. The van der Waals surface area contributed by atoms with Gasteiger partial charge in [0, 0.05) is 11.8 Å². The number of H-pyrrole nitrogens is 1. The second kappa shape index (κ2) is 4.97. The molecule has 0 aliphatic rings. The summed E-state index contributed by atoms with van der Waals surface area (Å²) < 4.78 is 0. The zero-order chi connectivity index (χ0) is 11.4. The van der Waals surface area contributed by atoms with Gasteiger partial charge in [-0.1, -0.05) is 18.7 Å². The molecule has 0 bridgehead atoms. The number of carboxylic acids is 1. The molecule has 15 heavy (non-hydrogen) atoms. The van der Waals surface area contributed by atoms with E-state index in [0.717, 1.165) is 11.8 Å². The van der Waals surface area contributed by atoms with Crippen molar-refractivity contribution in [2.45, 2.75) is 30.7 Å². The molecule has 0 fully saturated rings. The summed E-state index contributed by atoms with van der Waals surface area (Å²) in [5.41, 5.74) is 0.417. The normalized spacial score (nSPS) is 12.4. The number of aliphatic carboxylic acids is 1. The highest BCUT2D eigenvalue weighted by atomic mass is 32.2. The van der Waals surface area contributed by atoms with Gasteiger partial charge in [0.2, 0.25) is 0 Å². The number of thioether (sulfide) groups is 1. The van der Waals surface area contributed by atoms with Gasteiger partial charge in [0.05, 0.1) is 0 Å². The van der Waals surface area contributed by atoms with Crippen LogP contribution in [0, 0.1) is 0 Å². The second-order valence-corrected chi connectivity index (χ2v) is 4.32. The van der Waals surface area contributed by atoms with E-state index in [4.69, 9.17) is 5.11 Å². The number of hydrogen-bond acceptors (Lipinski definition) is 4. The Kier molecular flexibility index (Phi) is 3.90.